The van der Waals surface area contributed by atoms with Crippen molar-refractivity contribution in [1.82, 2.24) is 0 Å². The summed E-state index contributed by atoms with van der Waals surface area (Å²) in [5.41, 5.74) is 0. The maximum absolute atomic E-state index is 10.1. The van der Waals surface area contributed by atoms with E-state index >= 15 is 0 Å². The zero-order valence-electron chi connectivity index (χ0n) is 11.7. The number of rotatable bonds is 3. The van der Waals surface area contributed by atoms with Gasteiger partial charge in [0, 0.05) is 10.8 Å². The summed E-state index contributed by atoms with van der Waals surface area (Å²) in [7, 11) is 1.67. The zero-order valence-corrected chi connectivity index (χ0v) is 11.7. The molecule has 2 atom stereocenters. The molecule has 106 valence electrons. The molecule has 1 aliphatic rings. The van der Waals surface area contributed by atoms with E-state index in [0.717, 1.165) is 48.0 Å². The molecule has 2 aromatic carbocycles. The summed E-state index contributed by atoms with van der Waals surface area (Å²) >= 11 is 0. The van der Waals surface area contributed by atoms with Gasteiger partial charge in [0.1, 0.15) is 17.6 Å². The Morgan fingerprint density at radius 1 is 0.950 bits per heavy atom. The molecule has 0 aliphatic heterocycles. The van der Waals surface area contributed by atoms with Gasteiger partial charge in [-0.2, -0.15) is 0 Å². The Hall–Kier alpha value is -1.74. The summed E-state index contributed by atoms with van der Waals surface area (Å²) in [6.45, 7) is 0. The van der Waals surface area contributed by atoms with E-state index in [-0.39, 0.29) is 12.2 Å². The lowest BCUT2D eigenvalue weighted by Gasteiger charge is -2.28. The Morgan fingerprint density at radius 2 is 1.60 bits per heavy atom. The first-order chi connectivity index (χ1) is 9.79. The van der Waals surface area contributed by atoms with Gasteiger partial charge in [-0.3, -0.25) is 0 Å². The van der Waals surface area contributed by atoms with Gasteiger partial charge in [0.15, 0.2) is 0 Å². The molecule has 1 aliphatic carbocycles. The topological polar surface area (TPSA) is 38.7 Å². The fraction of sp³-hybridized carbons (Fsp3) is 0.412. The largest absolute Gasteiger partial charge is 0.496 e. The molecule has 0 spiro atoms. The third-order valence-corrected chi connectivity index (χ3v) is 4.01. The Labute approximate surface area is 119 Å². The van der Waals surface area contributed by atoms with Crippen molar-refractivity contribution in [3.8, 4) is 11.5 Å². The van der Waals surface area contributed by atoms with Crippen molar-refractivity contribution in [1.29, 1.82) is 0 Å². The lowest BCUT2D eigenvalue weighted by atomic mass is 9.94. The van der Waals surface area contributed by atoms with E-state index in [1.807, 2.05) is 36.4 Å². The molecule has 0 saturated heterocycles. The van der Waals surface area contributed by atoms with Crippen molar-refractivity contribution in [3.63, 3.8) is 0 Å². The molecule has 0 unspecified atom stereocenters. The summed E-state index contributed by atoms with van der Waals surface area (Å²) in [5, 5.41) is 12.1. The van der Waals surface area contributed by atoms with Crippen molar-refractivity contribution in [2.24, 2.45) is 0 Å². The van der Waals surface area contributed by atoms with Gasteiger partial charge in [-0.05, 0) is 31.4 Å². The molecule has 20 heavy (non-hydrogen) atoms. The average molecular weight is 272 g/mol. The van der Waals surface area contributed by atoms with Gasteiger partial charge in [-0.25, -0.2) is 0 Å². The number of methoxy groups -OCH3 is 1. The molecule has 1 fully saturated rings. The first-order valence-electron chi connectivity index (χ1n) is 7.20. The first-order valence-corrected chi connectivity index (χ1v) is 7.20. The van der Waals surface area contributed by atoms with E-state index in [1.165, 1.54) is 0 Å². The molecule has 1 N–H and O–H groups in total. The molecular formula is C17H20O3. The second kappa shape index (κ2) is 5.71. The van der Waals surface area contributed by atoms with E-state index in [1.54, 1.807) is 7.11 Å². The third kappa shape index (κ3) is 2.46. The van der Waals surface area contributed by atoms with Crippen LogP contribution < -0.4 is 9.47 Å². The molecule has 3 heteroatoms. The molecule has 0 radical (unpaired) electrons. The van der Waals surface area contributed by atoms with Crippen LogP contribution in [-0.2, 0) is 0 Å². The summed E-state index contributed by atoms with van der Waals surface area (Å²) in [4.78, 5) is 0. The summed E-state index contributed by atoms with van der Waals surface area (Å²) in [6.07, 6.45) is 3.51. The highest BCUT2D eigenvalue weighted by molar-refractivity contribution is 5.93. The minimum atomic E-state index is -0.357. The van der Waals surface area contributed by atoms with Crippen LogP contribution in [0.3, 0.4) is 0 Å². The number of aliphatic hydroxyl groups excluding tert-OH is 1. The SMILES string of the molecule is COc1ccc(O[C@@H]2CCCC[C@H]2O)c2ccccc12. The van der Waals surface area contributed by atoms with E-state index < -0.39 is 0 Å². The van der Waals surface area contributed by atoms with Crippen molar-refractivity contribution < 1.29 is 14.6 Å². The van der Waals surface area contributed by atoms with Crippen LogP contribution in [0.4, 0.5) is 0 Å². The quantitative estimate of drug-likeness (QED) is 0.929. The van der Waals surface area contributed by atoms with Gasteiger partial charge in [0.2, 0.25) is 0 Å². The summed E-state index contributed by atoms with van der Waals surface area (Å²) < 4.78 is 11.5. The number of benzene rings is 2. The van der Waals surface area contributed by atoms with Crippen LogP contribution in [0, 0.1) is 0 Å². The minimum Gasteiger partial charge on any atom is -0.496 e. The minimum absolute atomic E-state index is 0.0967. The number of ether oxygens (including phenoxy) is 2. The number of aliphatic hydroxyl groups is 1. The molecule has 0 bridgehead atoms. The van der Waals surface area contributed by atoms with Crippen LogP contribution in [0.5, 0.6) is 11.5 Å². The van der Waals surface area contributed by atoms with Crippen LogP contribution in [0.1, 0.15) is 25.7 Å². The first kappa shape index (κ1) is 13.3. The standard InChI is InChI=1S/C17H20O3/c1-19-15-10-11-16(13-7-3-2-6-12(13)15)20-17-9-5-4-8-14(17)18/h2-3,6-7,10-11,14,17-18H,4-5,8-9H2,1H3/t14-,17-/m1/s1. The van der Waals surface area contributed by atoms with Gasteiger partial charge in [-0.15, -0.1) is 0 Å². The zero-order chi connectivity index (χ0) is 13.9. The van der Waals surface area contributed by atoms with Crippen molar-refractivity contribution in [3.05, 3.63) is 36.4 Å². The van der Waals surface area contributed by atoms with Crippen molar-refractivity contribution in [2.45, 2.75) is 37.9 Å². The summed E-state index contributed by atoms with van der Waals surface area (Å²) in [5.74, 6) is 1.67. The highest BCUT2D eigenvalue weighted by Gasteiger charge is 2.25. The predicted molar refractivity (Wildman–Crippen MR) is 79.4 cm³/mol. The van der Waals surface area contributed by atoms with Gasteiger partial charge in [0.25, 0.3) is 0 Å². The lowest BCUT2D eigenvalue weighted by molar-refractivity contribution is 0.00767. The average Bonchev–Trinajstić information content (AvgIpc) is 2.50. The maximum atomic E-state index is 10.1. The van der Waals surface area contributed by atoms with Gasteiger partial charge < -0.3 is 14.6 Å². The lowest BCUT2D eigenvalue weighted by Crippen LogP contribution is -2.34. The van der Waals surface area contributed by atoms with E-state index in [0.29, 0.717) is 0 Å². The van der Waals surface area contributed by atoms with Gasteiger partial charge >= 0.3 is 0 Å². The molecule has 0 heterocycles. The van der Waals surface area contributed by atoms with Gasteiger partial charge in [-0.1, -0.05) is 30.7 Å². The second-order valence-corrected chi connectivity index (χ2v) is 5.32. The molecule has 0 aromatic heterocycles. The summed E-state index contributed by atoms with van der Waals surface area (Å²) in [6, 6.07) is 11.9. The Bertz CT molecular complexity index is 594. The molecule has 3 rings (SSSR count). The van der Waals surface area contributed by atoms with Crippen molar-refractivity contribution in [2.75, 3.05) is 7.11 Å². The normalized spacial score (nSPS) is 22.7. The molecule has 2 aromatic rings. The Morgan fingerprint density at radius 3 is 2.30 bits per heavy atom. The van der Waals surface area contributed by atoms with Crippen LogP contribution in [0.15, 0.2) is 36.4 Å². The molecular weight excluding hydrogens is 252 g/mol. The molecule has 0 amide bonds. The fourth-order valence-corrected chi connectivity index (χ4v) is 2.90. The molecule has 1 saturated carbocycles. The smallest absolute Gasteiger partial charge is 0.127 e. The van der Waals surface area contributed by atoms with E-state index in [2.05, 4.69) is 0 Å². The predicted octanol–water partition coefficient (Wildman–Crippen LogP) is 3.53. The molecule has 3 nitrogen and oxygen atoms in total. The van der Waals surface area contributed by atoms with Crippen LogP contribution >= 0.6 is 0 Å². The number of hydrogen-bond acceptors (Lipinski definition) is 3. The van der Waals surface area contributed by atoms with Crippen LogP contribution in [-0.4, -0.2) is 24.4 Å². The van der Waals surface area contributed by atoms with Crippen molar-refractivity contribution >= 4 is 10.8 Å². The van der Waals surface area contributed by atoms with Gasteiger partial charge in [0.05, 0.1) is 13.2 Å². The number of hydrogen-bond donors (Lipinski definition) is 1. The van der Waals surface area contributed by atoms with Crippen LogP contribution in [0.25, 0.3) is 10.8 Å². The Kier molecular flexibility index (Phi) is 3.79. The Balaban J connectivity index is 1.95. The van der Waals surface area contributed by atoms with E-state index in [4.69, 9.17) is 9.47 Å². The monoisotopic (exact) mass is 272 g/mol. The fourth-order valence-electron chi connectivity index (χ4n) is 2.90. The van der Waals surface area contributed by atoms with Crippen LogP contribution in [0.2, 0.25) is 0 Å². The van der Waals surface area contributed by atoms with E-state index in [9.17, 15) is 5.11 Å². The second-order valence-electron chi connectivity index (χ2n) is 5.32. The maximum Gasteiger partial charge on any atom is 0.127 e. The third-order valence-electron chi connectivity index (χ3n) is 4.01. The number of fused-ring (bicyclic) bond motifs is 1. The highest BCUT2D eigenvalue weighted by Crippen LogP contribution is 2.34. The highest BCUT2D eigenvalue weighted by atomic mass is 16.5.